The van der Waals surface area contributed by atoms with Gasteiger partial charge in [0.1, 0.15) is 5.75 Å². The third-order valence-corrected chi connectivity index (χ3v) is 2.32. The van der Waals surface area contributed by atoms with Crippen LogP contribution in [0.25, 0.3) is 0 Å². The molecule has 0 saturated heterocycles. The molecule has 0 aromatic carbocycles. The maximum absolute atomic E-state index is 11.8. The summed E-state index contributed by atoms with van der Waals surface area (Å²) < 4.78 is 9.97. The number of nitrogens with one attached hydrogen (secondary N) is 2. The molecule has 0 atom stereocenters. The number of ether oxygens (including phenoxy) is 2. The molecule has 0 spiro atoms. The van der Waals surface area contributed by atoms with E-state index in [1.165, 1.54) is 13.3 Å². The zero-order valence-corrected chi connectivity index (χ0v) is 10.7. The lowest BCUT2D eigenvalue weighted by atomic mass is 10.2. The molecule has 6 nitrogen and oxygen atoms in total. The van der Waals surface area contributed by atoms with Crippen LogP contribution in [0.1, 0.15) is 10.4 Å². The van der Waals surface area contributed by atoms with Crippen molar-refractivity contribution in [1.82, 2.24) is 15.6 Å². The highest BCUT2D eigenvalue weighted by atomic mass is 16.5. The highest BCUT2D eigenvalue weighted by Crippen LogP contribution is 2.14. The first-order valence-corrected chi connectivity index (χ1v) is 5.75. The molecule has 1 heterocycles. The van der Waals surface area contributed by atoms with E-state index in [0.29, 0.717) is 31.0 Å². The Bertz CT molecular complexity index is 371. The molecule has 0 bridgehead atoms. The summed E-state index contributed by atoms with van der Waals surface area (Å²) >= 11 is 0. The SMILES string of the molecule is COCCNCCNC(=O)c1ccncc1OC. The molecule has 1 aromatic heterocycles. The molecule has 0 fully saturated rings. The molecular weight excluding hydrogens is 234 g/mol. The van der Waals surface area contributed by atoms with Crippen LogP contribution in [0.4, 0.5) is 0 Å². The fourth-order valence-corrected chi connectivity index (χ4v) is 1.39. The molecule has 0 aliphatic heterocycles. The lowest BCUT2D eigenvalue weighted by Crippen LogP contribution is -2.33. The van der Waals surface area contributed by atoms with E-state index in [2.05, 4.69) is 15.6 Å². The molecule has 1 rings (SSSR count). The standard InChI is InChI=1S/C12H19N3O3/c1-17-8-7-13-5-6-15-12(16)10-3-4-14-9-11(10)18-2/h3-4,9,13H,5-8H2,1-2H3,(H,15,16). The van der Waals surface area contributed by atoms with Gasteiger partial charge >= 0.3 is 0 Å². The molecule has 0 aliphatic rings. The van der Waals surface area contributed by atoms with Crippen LogP contribution >= 0.6 is 0 Å². The third-order valence-electron chi connectivity index (χ3n) is 2.32. The van der Waals surface area contributed by atoms with Crippen LogP contribution in [0.3, 0.4) is 0 Å². The number of carbonyl (C=O) groups excluding carboxylic acids is 1. The average Bonchev–Trinajstić information content (AvgIpc) is 2.42. The van der Waals surface area contributed by atoms with Crippen LogP contribution < -0.4 is 15.4 Å². The second-order valence-electron chi connectivity index (χ2n) is 3.57. The first kappa shape index (κ1) is 14.4. The summed E-state index contributed by atoms with van der Waals surface area (Å²) in [6, 6.07) is 1.63. The van der Waals surface area contributed by atoms with Crippen molar-refractivity contribution in [2.24, 2.45) is 0 Å². The molecule has 0 aliphatic carbocycles. The van der Waals surface area contributed by atoms with Gasteiger partial charge in [0.15, 0.2) is 0 Å². The first-order valence-electron chi connectivity index (χ1n) is 5.75. The molecule has 2 N–H and O–H groups in total. The van der Waals surface area contributed by atoms with Crippen LogP contribution in [-0.2, 0) is 4.74 Å². The van der Waals surface area contributed by atoms with Crippen molar-refractivity contribution < 1.29 is 14.3 Å². The lowest BCUT2D eigenvalue weighted by Gasteiger charge is -2.09. The Balaban J connectivity index is 2.32. The van der Waals surface area contributed by atoms with E-state index in [9.17, 15) is 4.79 Å². The van der Waals surface area contributed by atoms with Gasteiger partial charge in [0.25, 0.3) is 5.91 Å². The van der Waals surface area contributed by atoms with Crippen LogP contribution in [-0.4, -0.2) is 51.4 Å². The fourth-order valence-electron chi connectivity index (χ4n) is 1.39. The predicted molar refractivity (Wildman–Crippen MR) is 67.9 cm³/mol. The van der Waals surface area contributed by atoms with E-state index < -0.39 is 0 Å². The van der Waals surface area contributed by atoms with Crippen molar-refractivity contribution in [3.05, 3.63) is 24.0 Å². The molecule has 6 heteroatoms. The van der Waals surface area contributed by atoms with E-state index in [4.69, 9.17) is 9.47 Å². The molecule has 18 heavy (non-hydrogen) atoms. The number of carbonyl (C=O) groups is 1. The fraction of sp³-hybridized carbons (Fsp3) is 0.500. The molecule has 0 saturated carbocycles. The Labute approximate surface area is 107 Å². The smallest absolute Gasteiger partial charge is 0.255 e. The maximum Gasteiger partial charge on any atom is 0.255 e. The summed E-state index contributed by atoms with van der Waals surface area (Å²) in [5.41, 5.74) is 0.490. The minimum Gasteiger partial charge on any atom is -0.494 e. The number of amides is 1. The van der Waals surface area contributed by atoms with E-state index in [0.717, 1.165) is 6.54 Å². The summed E-state index contributed by atoms with van der Waals surface area (Å²) in [6.45, 7) is 2.67. The zero-order chi connectivity index (χ0) is 13.2. The second-order valence-corrected chi connectivity index (χ2v) is 3.57. The quantitative estimate of drug-likeness (QED) is 0.641. The molecule has 100 valence electrons. The minimum absolute atomic E-state index is 0.164. The van der Waals surface area contributed by atoms with Crippen molar-refractivity contribution in [3.8, 4) is 5.75 Å². The molecule has 1 amide bonds. The second kappa shape index (κ2) is 8.43. The summed E-state index contributed by atoms with van der Waals surface area (Å²) in [6.07, 6.45) is 3.08. The zero-order valence-electron chi connectivity index (χ0n) is 10.7. The highest BCUT2D eigenvalue weighted by molar-refractivity contribution is 5.96. The van der Waals surface area contributed by atoms with Gasteiger partial charge in [-0.3, -0.25) is 9.78 Å². The molecule has 1 aromatic rings. The van der Waals surface area contributed by atoms with Crippen LogP contribution in [0, 0.1) is 0 Å². The predicted octanol–water partition coefficient (Wildman–Crippen LogP) is 0.0560. The van der Waals surface area contributed by atoms with Gasteiger partial charge in [-0.1, -0.05) is 0 Å². The largest absolute Gasteiger partial charge is 0.494 e. The molecular formula is C12H19N3O3. The Morgan fingerprint density at radius 3 is 2.89 bits per heavy atom. The van der Waals surface area contributed by atoms with Gasteiger partial charge in [0, 0.05) is 32.9 Å². The number of rotatable bonds is 8. The number of pyridine rings is 1. The van der Waals surface area contributed by atoms with Crippen LogP contribution in [0.2, 0.25) is 0 Å². The van der Waals surface area contributed by atoms with Gasteiger partial charge < -0.3 is 20.1 Å². The maximum atomic E-state index is 11.8. The van der Waals surface area contributed by atoms with Crippen molar-refractivity contribution >= 4 is 5.91 Å². The Morgan fingerprint density at radius 1 is 1.33 bits per heavy atom. The number of aromatic nitrogens is 1. The van der Waals surface area contributed by atoms with E-state index in [1.54, 1.807) is 19.4 Å². The Hall–Kier alpha value is -1.66. The summed E-state index contributed by atoms with van der Waals surface area (Å²) in [4.78, 5) is 15.7. The summed E-state index contributed by atoms with van der Waals surface area (Å²) in [5.74, 6) is 0.310. The number of hydrogen-bond donors (Lipinski definition) is 2. The van der Waals surface area contributed by atoms with Crippen molar-refractivity contribution in [2.75, 3.05) is 40.5 Å². The van der Waals surface area contributed by atoms with Gasteiger partial charge in [0.05, 0.1) is 25.5 Å². The van der Waals surface area contributed by atoms with Crippen molar-refractivity contribution in [3.63, 3.8) is 0 Å². The van der Waals surface area contributed by atoms with E-state index in [-0.39, 0.29) is 5.91 Å². The number of nitrogens with zero attached hydrogens (tertiary/aromatic N) is 1. The van der Waals surface area contributed by atoms with Gasteiger partial charge in [0.2, 0.25) is 0 Å². The summed E-state index contributed by atoms with van der Waals surface area (Å²) in [5, 5.41) is 5.94. The number of hydrogen-bond acceptors (Lipinski definition) is 5. The lowest BCUT2D eigenvalue weighted by molar-refractivity contribution is 0.0950. The highest BCUT2D eigenvalue weighted by Gasteiger charge is 2.10. The average molecular weight is 253 g/mol. The van der Waals surface area contributed by atoms with Crippen LogP contribution in [0.5, 0.6) is 5.75 Å². The normalized spacial score (nSPS) is 10.1. The topological polar surface area (TPSA) is 72.5 Å². The van der Waals surface area contributed by atoms with Gasteiger partial charge in [-0.05, 0) is 6.07 Å². The monoisotopic (exact) mass is 253 g/mol. The Morgan fingerprint density at radius 2 is 2.17 bits per heavy atom. The first-order chi connectivity index (χ1) is 8.79. The number of methoxy groups -OCH3 is 2. The van der Waals surface area contributed by atoms with Gasteiger partial charge in [-0.25, -0.2) is 0 Å². The van der Waals surface area contributed by atoms with Crippen molar-refractivity contribution in [2.45, 2.75) is 0 Å². The minimum atomic E-state index is -0.164. The van der Waals surface area contributed by atoms with Gasteiger partial charge in [-0.15, -0.1) is 0 Å². The van der Waals surface area contributed by atoms with Crippen molar-refractivity contribution in [1.29, 1.82) is 0 Å². The molecule has 0 unspecified atom stereocenters. The Kier molecular flexibility index (Phi) is 6.75. The summed E-state index contributed by atoms with van der Waals surface area (Å²) in [7, 11) is 3.17. The van der Waals surface area contributed by atoms with Gasteiger partial charge in [-0.2, -0.15) is 0 Å². The van der Waals surface area contributed by atoms with E-state index >= 15 is 0 Å². The van der Waals surface area contributed by atoms with Crippen LogP contribution in [0.15, 0.2) is 18.5 Å². The van der Waals surface area contributed by atoms with E-state index in [1.807, 2.05) is 0 Å². The molecule has 0 radical (unpaired) electrons. The third kappa shape index (κ3) is 4.68.